The van der Waals surface area contributed by atoms with Gasteiger partial charge in [-0.25, -0.2) is 13.4 Å². The fourth-order valence-electron chi connectivity index (χ4n) is 4.07. The van der Waals surface area contributed by atoms with Crippen LogP contribution in [-0.2, 0) is 10.0 Å². The number of sulfonamides is 1. The van der Waals surface area contributed by atoms with E-state index >= 15 is 0 Å². The summed E-state index contributed by atoms with van der Waals surface area (Å²) in [5.41, 5.74) is 2.51. The smallest absolute Gasteiger partial charge is 0.232 e. The van der Waals surface area contributed by atoms with Gasteiger partial charge in [0.25, 0.3) is 0 Å². The summed E-state index contributed by atoms with van der Waals surface area (Å²) in [4.78, 5) is 7.77. The first kappa shape index (κ1) is 27.6. The van der Waals surface area contributed by atoms with Crippen molar-refractivity contribution in [3.05, 3.63) is 40.4 Å². The highest BCUT2D eigenvalue weighted by Gasteiger charge is 2.16. The molecule has 0 aliphatic rings. The largest absolute Gasteiger partial charge is 0.495 e. The van der Waals surface area contributed by atoms with Crippen LogP contribution in [0.25, 0.3) is 22.4 Å². The summed E-state index contributed by atoms with van der Waals surface area (Å²) < 4.78 is 33.6. The molecule has 0 saturated carbocycles. The van der Waals surface area contributed by atoms with Gasteiger partial charge in [-0.1, -0.05) is 87.9 Å². The average molecular weight is 541 g/mol. The van der Waals surface area contributed by atoms with Gasteiger partial charge in [0.2, 0.25) is 10.0 Å². The number of nitrogens with one attached hydrogen (secondary N) is 2. The molecule has 2 aromatic carbocycles. The summed E-state index contributed by atoms with van der Waals surface area (Å²) in [6, 6.07) is 8.67. The third-order valence-corrected chi connectivity index (χ3v) is 8.11. The zero-order valence-corrected chi connectivity index (χ0v) is 22.8. The van der Waals surface area contributed by atoms with Gasteiger partial charge in [-0.3, -0.25) is 4.72 Å². The van der Waals surface area contributed by atoms with Crippen molar-refractivity contribution >= 4 is 49.9 Å². The number of benzene rings is 2. The van der Waals surface area contributed by atoms with Gasteiger partial charge < -0.3 is 9.72 Å². The van der Waals surface area contributed by atoms with Gasteiger partial charge in [-0.05, 0) is 36.8 Å². The number of fused-ring (bicyclic) bond motifs is 1. The number of nitrogens with zero attached hydrogens (tertiary/aromatic N) is 1. The number of H-pyrrole nitrogens is 1. The standard InChI is InChI=1S/C26H35Cl2N3O3S/c1-3-4-5-6-7-8-9-10-11-12-15-35(32,33)31-24-16-19(13-14-25(24)34-2)26-29-22-17-20(27)21(28)18-23(22)30-26/h13-14,16-18,31H,3-12,15H2,1-2H3,(H,29,30). The van der Waals surface area contributed by atoms with Crippen molar-refractivity contribution in [2.24, 2.45) is 0 Å². The van der Waals surface area contributed by atoms with Gasteiger partial charge in [0.1, 0.15) is 11.6 Å². The van der Waals surface area contributed by atoms with Gasteiger partial charge in [0.05, 0.1) is 39.6 Å². The van der Waals surface area contributed by atoms with Crippen LogP contribution >= 0.6 is 23.2 Å². The first-order valence-corrected chi connectivity index (χ1v) is 14.8. The number of imidazole rings is 1. The first-order chi connectivity index (χ1) is 16.8. The zero-order valence-electron chi connectivity index (χ0n) is 20.5. The topological polar surface area (TPSA) is 84.1 Å². The lowest BCUT2D eigenvalue weighted by Crippen LogP contribution is -2.17. The highest BCUT2D eigenvalue weighted by Crippen LogP contribution is 2.33. The number of ether oxygens (including phenoxy) is 1. The molecule has 192 valence electrons. The molecule has 1 aromatic heterocycles. The van der Waals surface area contributed by atoms with Crippen molar-refractivity contribution in [2.45, 2.75) is 71.1 Å². The Morgan fingerprint density at radius 3 is 2.20 bits per heavy atom. The van der Waals surface area contributed by atoms with E-state index in [0.717, 1.165) is 18.4 Å². The maximum Gasteiger partial charge on any atom is 0.232 e. The van der Waals surface area contributed by atoms with E-state index in [-0.39, 0.29) is 5.75 Å². The Hall–Kier alpha value is -1.96. The predicted molar refractivity (Wildman–Crippen MR) is 147 cm³/mol. The number of aromatic amines is 1. The minimum atomic E-state index is -3.51. The second kappa shape index (κ2) is 13.4. The summed E-state index contributed by atoms with van der Waals surface area (Å²) >= 11 is 12.2. The van der Waals surface area contributed by atoms with Crippen LogP contribution in [0.2, 0.25) is 10.0 Å². The monoisotopic (exact) mass is 539 g/mol. The van der Waals surface area contributed by atoms with Crippen LogP contribution in [0.5, 0.6) is 5.75 Å². The average Bonchev–Trinajstić information content (AvgIpc) is 3.23. The Balaban J connectivity index is 1.57. The number of unbranched alkanes of at least 4 members (excludes halogenated alkanes) is 9. The van der Waals surface area contributed by atoms with Crippen molar-refractivity contribution in [1.82, 2.24) is 9.97 Å². The van der Waals surface area contributed by atoms with Crippen LogP contribution in [0.1, 0.15) is 71.1 Å². The fraction of sp³-hybridized carbons (Fsp3) is 0.500. The van der Waals surface area contributed by atoms with E-state index in [0.29, 0.717) is 44.8 Å². The molecular formula is C26H35Cl2N3O3S. The van der Waals surface area contributed by atoms with E-state index in [9.17, 15) is 8.42 Å². The van der Waals surface area contributed by atoms with Gasteiger partial charge in [-0.2, -0.15) is 0 Å². The van der Waals surface area contributed by atoms with Crippen LogP contribution in [0.4, 0.5) is 5.69 Å². The molecule has 2 N–H and O–H groups in total. The highest BCUT2D eigenvalue weighted by molar-refractivity contribution is 7.92. The van der Waals surface area contributed by atoms with Crippen molar-refractivity contribution in [1.29, 1.82) is 0 Å². The molecular weight excluding hydrogens is 505 g/mol. The summed E-state index contributed by atoms with van der Waals surface area (Å²) in [6.45, 7) is 2.23. The molecule has 3 rings (SSSR count). The van der Waals surface area contributed by atoms with Crippen molar-refractivity contribution in [3.63, 3.8) is 0 Å². The van der Waals surface area contributed by atoms with Gasteiger partial charge in [0, 0.05) is 5.56 Å². The Labute approximate surface area is 218 Å². The van der Waals surface area contributed by atoms with E-state index in [2.05, 4.69) is 21.6 Å². The lowest BCUT2D eigenvalue weighted by molar-refractivity contribution is 0.417. The maximum atomic E-state index is 12.7. The number of hydrogen-bond acceptors (Lipinski definition) is 4. The van der Waals surface area contributed by atoms with Crippen LogP contribution in [0.15, 0.2) is 30.3 Å². The Kier molecular flexibility index (Phi) is 10.6. The molecule has 1 heterocycles. The predicted octanol–water partition coefficient (Wildman–Crippen LogP) is 8.21. The molecule has 0 amide bonds. The molecule has 6 nitrogen and oxygen atoms in total. The molecule has 3 aromatic rings. The second-order valence-corrected chi connectivity index (χ2v) is 11.5. The fourth-order valence-corrected chi connectivity index (χ4v) is 5.58. The second-order valence-electron chi connectivity index (χ2n) is 8.89. The van der Waals surface area contributed by atoms with Crippen LogP contribution in [-0.4, -0.2) is 31.2 Å². The number of anilines is 1. The molecule has 0 fully saturated rings. The van der Waals surface area contributed by atoms with E-state index in [1.54, 1.807) is 24.3 Å². The van der Waals surface area contributed by atoms with Crippen LogP contribution in [0.3, 0.4) is 0 Å². The molecule has 0 aliphatic heterocycles. The number of methoxy groups -OCH3 is 1. The Bertz CT molecular complexity index is 1170. The molecule has 9 heteroatoms. The maximum absolute atomic E-state index is 12.7. The Morgan fingerprint density at radius 1 is 0.914 bits per heavy atom. The summed E-state index contributed by atoms with van der Waals surface area (Å²) in [7, 11) is -1.99. The van der Waals surface area contributed by atoms with Crippen molar-refractivity contribution in [3.8, 4) is 17.1 Å². The van der Waals surface area contributed by atoms with Crippen molar-refractivity contribution < 1.29 is 13.2 Å². The van der Waals surface area contributed by atoms with Gasteiger partial charge in [0.15, 0.2) is 0 Å². The molecule has 0 radical (unpaired) electrons. The summed E-state index contributed by atoms with van der Waals surface area (Å²) in [5.74, 6) is 1.11. The minimum Gasteiger partial charge on any atom is -0.495 e. The molecule has 0 spiro atoms. The normalized spacial score (nSPS) is 11.8. The van der Waals surface area contributed by atoms with Crippen LogP contribution in [0, 0.1) is 0 Å². The molecule has 0 unspecified atom stereocenters. The minimum absolute atomic E-state index is 0.0819. The van der Waals surface area contributed by atoms with E-state index < -0.39 is 10.0 Å². The lowest BCUT2D eigenvalue weighted by Gasteiger charge is -2.13. The molecule has 0 aliphatic carbocycles. The van der Waals surface area contributed by atoms with Crippen molar-refractivity contribution in [2.75, 3.05) is 17.6 Å². The van der Waals surface area contributed by atoms with Gasteiger partial charge in [-0.15, -0.1) is 0 Å². The molecule has 0 bridgehead atoms. The number of halogens is 2. The van der Waals surface area contributed by atoms with Gasteiger partial charge >= 0.3 is 0 Å². The molecule has 35 heavy (non-hydrogen) atoms. The SMILES string of the molecule is CCCCCCCCCCCCS(=O)(=O)Nc1cc(-c2nc3cc(Cl)c(Cl)cc3[nH]2)ccc1OC. The quantitative estimate of drug-likeness (QED) is 0.190. The van der Waals surface area contributed by atoms with E-state index in [4.69, 9.17) is 27.9 Å². The lowest BCUT2D eigenvalue weighted by atomic mass is 10.1. The van der Waals surface area contributed by atoms with E-state index in [1.807, 2.05) is 6.07 Å². The third kappa shape index (κ3) is 8.29. The summed E-state index contributed by atoms with van der Waals surface area (Å²) in [5, 5.41) is 0.858. The zero-order chi connectivity index (χ0) is 25.3. The number of aromatic nitrogens is 2. The number of rotatable bonds is 15. The van der Waals surface area contributed by atoms with E-state index in [1.165, 1.54) is 52.1 Å². The molecule has 0 saturated heterocycles. The number of hydrogen-bond donors (Lipinski definition) is 2. The third-order valence-electron chi connectivity index (χ3n) is 6.03. The summed E-state index contributed by atoms with van der Waals surface area (Å²) in [6.07, 6.45) is 11.5. The highest BCUT2D eigenvalue weighted by atomic mass is 35.5. The Morgan fingerprint density at radius 2 is 1.54 bits per heavy atom. The molecule has 0 atom stereocenters. The first-order valence-electron chi connectivity index (χ1n) is 12.4. The van der Waals surface area contributed by atoms with Crippen LogP contribution < -0.4 is 9.46 Å².